The number of rotatable bonds is 14. The SMILES string of the molecule is CCC(O)C(C)(C)C(=O)C(C)CC(C)C(=O)CC/C=C\CCOC=O. The molecule has 5 heteroatoms. The number of hydrogen-bond donors (Lipinski definition) is 1. The molecule has 0 heterocycles. The maximum atomic E-state index is 12.6. The Bertz CT molecular complexity index is 453. The van der Waals surface area contributed by atoms with Crippen molar-refractivity contribution in [2.45, 2.75) is 72.8 Å². The van der Waals surface area contributed by atoms with E-state index >= 15 is 0 Å². The van der Waals surface area contributed by atoms with Crippen molar-refractivity contribution in [3.8, 4) is 0 Å². The van der Waals surface area contributed by atoms with Crippen LogP contribution in [0.1, 0.15) is 66.7 Å². The standard InChI is InChI=1S/C20H34O5/c1-6-18(23)20(4,5)19(24)16(3)13-15(2)17(22)11-9-7-8-10-12-25-14-21/h7-8,14-16,18,23H,6,9-13H2,1-5H3/b8-7-. The van der Waals surface area contributed by atoms with Gasteiger partial charge in [-0.15, -0.1) is 0 Å². The Kier molecular flexibility index (Phi) is 11.2. The first-order chi connectivity index (χ1) is 11.7. The smallest absolute Gasteiger partial charge is 0.293 e. The predicted octanol–water partition coefficient (Wildman–Crippen LogP) is 3.48. The van der Waals surface area contributed by atoms with Crippen LogP contribution in [0.4, 0.5) is 0 Å². The lowest BCUT2D eigenvalue weighted by molar-refractivity contribution is -0.137. The topological polar surface area (TPSA) is 80.7 Å². The van der Waals surface area contributed by atoms with Crippen molar-refractivity contribution >= 4 is 18.0 Å². The van der Waals surface area contributed by atoms with Crippen molar-refractivity contribution in [2.75, 3.05) is 6.61 Å². The first kappa shape index (κ1) is 23.5. The molecule has 0 aliphatic rings. The summed E-state index contributed by atoms with van der Waals surface area (Å²) >= 11 is 0. The molecule has 25 heavy (non-hydrogen) atoms. The molecule has 5 nitrogen and oxygen atoms in total. The van der Waals surface area contributed by atoms with Crippen LogP contribution in [0.15, 0.2) is 12.2 Å². The molecule has 0 aromatic carbocycles. The predicted molar refractivity (Wildman–Crippen MR) is 98.0 cm³/mol. The van der Waals surface area contributed by atoms with E-state index in [-0.39, 0.29) is 23.4 Å². The Morgan fingerprint density at radius 2 is 1.72 bits per heavy atom. The van der Waals surface area contributed by atoms with Crippen LogP contribution >= 0.6 is 0 Å². The van der Waals surface area contributed by atoms with Crippen LogP contribution in [-0.2, 0) is 19.1 Å². The lowest BCUT2D eigenvalue weighted by atomic mass is 9.74. The van der Waals surface area contributed by atoms with Crippen LogP contribution < -0.4 is 0 Å². The molecule has 0 saturated carbocycles. The van der Waals surface area contributed by atoms with E-state index in [2.05, 4.69) is 4.74 Å². The molecule has 144 valence electrons. The fourth-order valence-corrected chi connectivity index (χ4v) is 2.97. The number of allylic oxidation sites excluding steroid dienone is 1. The van der Waals surface area contributed by atoms with Crippen LogP contribution in [0.25, 0.3) is 0 Å². The van der Waals surface area contributed by atoms with E-state index in [1.807, 2.05) is 32.9 Å². The van der Waals surface area contributed by atoms with Crippen molar-refractivity contribution < 1.29 is 24.2 Å². The number of Topliss-reactive ketones (excluding diaryl/α,β-unsaturated/α-hetero) is 2. The molecule has 0 aromatic heterocycles. The average Bonchev–Trinajstić information content (AvgIpc) is 2.58. The summed E-state index contributed by atoms with van der Waals surface area (Å²) in [5.74, 6) is -0.287. The van der Waals surface area contributed by atoms with E-state index in [4.69, 9.17) is 0 Å². The molecule has 0 fully saturated rings. The zero-order valence-corrected chi connectivity index (χ0v) is 16.3. The molecule has 0 aromatic rings. The fraction of sp³-hybridized carbons (Fsp3) is 0.750. The van der Waals surface area contributed by atoms with Crippen LogP contribution in [-0.4, -0.2) is 35.9 Å². The molecular weight excluding hydrogens is 320 g/mol. The van der Waals surface area contributed by atoms with Crippen molar-refractivity contribution in [1.82, 2.24) is 0 Å². The third kappa shape index (κ3) is 8.43. The molecule has 3 unspecified atom stereocenters. The van der Waals surface area contributed by atoms with Gasteiger partial charge in [0, 0.05) is 23.7 Å². The molecule has 0 amide bonds. The highest BCUT2D eigenvalue weighted by molar-refractivity contribution is 5.87. The third-order valence-electron chi connectivity index (χ3n) is 4.75. The number of ketones is 2. The summed E-state index contributed by atoms with van der Waals surface area (Å²) in [6, 6.07) is 0. The van der Waals surface area contributed by atoms with Gasteiger partial charge in [0.15, 0.2) is 0 Å². The highest BCUT2D eigenvalue weighted by atomic mass is 16.5. The number of carbonyl (C=O) groups is 3. The number of ether oxygens (including phenoxy) is 1. The molecular formula is C20H34O5. The van der Waals surface area contributed by atoms with Crippen molar-refractivity contribution in [3.63, 3.8) is 0 Å². The summed E-state index contributed by atoms with van der Waals surface area (Å²) in [7, 11) is 0. The normalized spacial score (nSPS) is 15.6. The second-order valence-electron chi connectivity index (χ2n) is 7.28. The van der Waals surface area contributed by atoms with Gasteiger partial charge in [-0.3, -0.25) is 14.4 Å². The van der Waals surface area contributed by atoms with Crippen molar-refractivity contribution in [1.29, 1.82) is 0 Å². The Balaban J connectivity index is 4.33. The Hall–Kier alpha value is -1.49. The van der Waals surface area contributed by atoms with Crippen LogP contribution in [0.2, 0.25) is 0 Å². The number of aliphatic hydroxyl groups is 1. The third-order valence-corrected chi connectivity index (χ3v) is 4.75. The van der Waals surface area contributed by atoms with Gasteiger partial charge < -0.3 is 9.84 Å². The van der Waals surface area contributed by atoms with E-state index in [0.717, 1.165) is 0 Å². The van der Waals surface area contributed by atoms with E-state index in [0.29, 0.717) is 45.2 Å². The minimum atomic E-state index is -0.788. The largest absolute Gasteiger partial charge is 0.468 e. The lowest BCUT2D eigenvalue weighted by Gasteiger charge is -2.31. The number of hydrogen-bond acceptors (Lipinski definition) is 5. The van der Waals surface area contributed by atoms with Gasteiger partial charge in [0.25, 0.3) is 6.47 Å². The summed E-state index contributed by atoms with van der Waals surface area (Å²) in [5, 5.41) is 10.0. The summed E-state index contributed by atoms with van der Waals surface area (Å²) < 4.78 is 4.57. The van der Waals surface area contributed by atoms with Gasteiger partial charge in [-0.1, -0.05) is 46.8 Å². The minimum Gasteiger partial charge on any atom is -0.468 e. The van der Waals surface area contributed by atoms with Gasteiger partial charge in [0.05, 0.1) is 12.7 Å². The Morgan fingerprint density at radius 1 is 1.12 bits per heavy atom. The molecule has 0 aliphatic carbocycles. The van der Waals surface area contributed by atoms with Gasteiger partial charge in [0.2, 0.25) is 0 Å². The van der Waals surface area contributed by atoms with Gasteiger partial charge in [0.1, 0.15) is 11.6 Å². The maximum absolute atomic E-state index is 12.6. The zero-order chi connectivity index (χ0) is 19.5. The summed E-state index contributed by atoms with van der Waals surface area (Å²) in [5.41, 5.74) is -0.788. The monoisotopic (exact) mass is 354 g/mol. The van der Waals surface area contributed by atoms with Crippen molar-refractivity contribution in [2.24, 2.45) is 17.3 Å². The van der Waals surface area contributed by atoms with E-state index < -0.39 is 11.5 Å². The zero-order valence-electron chi connectivity index (χ0n) is 16.3. The van der Waals surface area contributed by atoms with E-state index in [1.54, 1.807) is 13.8 Å². The molecule has 3 atom stereocenters. The Morgan fingerprint density at radius 3 is 2.28 bits per heavy atom. The fourth-order valence-electron chi connectivity index (χ4n) is 2.97. The molecule has 0 spiro atoms. The van der Waals surface area contributed by atoms with Gasteiger partial charge in [-0.25, -0.2) is 0 Å². The van der Waals surface area contributed by atoms with Crippen LogP contribution in [0.5, 0.6) is 0 Å². The molecule has 0 bridgehead atoms. The second kappa shape index (κ2) is 12.0. The van der Waals surface area contributed by atoms with Gasteiger partial charge in [-0.2, -0.15) is 0 Å². The summed E-state index contributed by atoms with van der Waals surface area (Å²) in [6.45, 7) is 9.86. The van der Waals surface area contributed by atoms with Crippen LogP contribution in [0.3, 0.4) is 0 Å². The number of carbonyl (C=O) groups excluding carboxylic acids is 3. The quantitative estimate of drug-likeness (QED) is 0.293. The van der Waals surface area contributed by atoms with E-state index in [9.17, 15) is 19.5 Å². The molecule has 0 saturated heterocycles. The van der Waals surface area contributed by atoms with Gasteiger partial charge >= 0.3 is 0 Å². The minimum absolute atomic E-state index is 0.0107. The first-order valence-corrected chi connectivity index (χ1v) is 9.13. The maximum Gasteiger partial charge on any atom is 0.293 e. The Labute approximate surface area is 151 Å². The second-order valence-corrected chi connectivity index (χ2v) is 7.28. The molecule has 0 aliphatic heterocycles. The highest BCUT2D eigenvalue weighted by Gasteiger charge is 2.37. The summed E-state index contributed by atoms with van der Waals surface area (Å²) in [4.78, 5) is 34.8. The molecule has 0 radical (unpaired) electrons. The van der Waals surface area contributed by atoms with Crippen LogP contribution in [0, 0.1) is 17.3 Å². The molecule has 0 rings (SSSR count). The highest BCUT2D eigenvalue weighted by Crippen LogP contribution is 2.30. The molecule has 1 N–H and O–H groups in total. The lowest BCUT2D eigenvalue weighted by Crippen LogP contribution is -2.40. The van der Waals surface area contributed by atoms with Gasteiger partial charge in [-0.05, 0) is 25.7 Å². The van der Waals surface area contributed by atoms with E-state index in [1.165, 1.54) is 0 Å². The average molecular weight is 354 g/mol. The summed E-state index contributed by atoms with van der Waals surface area (Å²) in [6.07, 6.45) is 5.90. The number of aliphatic hydroxyl groups excluding tert-OH is 1. The van der Waals surface area contributed by atoms with Crippen molar-refractivity contribution in [3.05, 3.63) is 12.2 Å². The first-order valence-electron chi connectivity index (χ1n) is 9.13.